The van der Waals surface area contributed by atoms with Crippen molar-refractivity contribution >= 4 is 0 Å². The van der Waals surface area contributed by atoms with Crippen LogP contribution in [-0.4, -0.2) is 37.8 Å². The van der Waals surface area contributed by atoms with Gasteiger partial charge in [-0.15, -0.1) is 0 Å². The van der Waals surface area contributed by atoms with E-state index in [1.54, 1.807) is 12.4 Å². The number of aryl methyl sites for hydroxylation is 1. The molecule has 1 aliphatic rings. The normalized spacial score (nSPS) is 20.9. The molecule has 2 atom stereocenters. The second-order valence-electron chi connectivity index (χ2n) is 6.46. The van der Waals surface area contributed by atoms with Gasteiger partial charge in [0.15, 0.2) is 0 Å². The van der Waals surface area contributed by atoms with Crippen LogP contribution in [0.1, 0.15) is 29.5 Å². The molecule has 6 heteroatoms. The Morgan fingerprint density at radius 2 is 2.12 bits per heavy atom. The van der Waals surface area contributed by atoms with Crippen molar-refractivity contribution in [1.82, 2.24) is 20.0 Å². The highest BCUT2D eigenvalue weighted by molar-refractivity contribution is 5.51. The van der Waals surface area contributed by atoms with Crippen molar-refractivity contribution in [1.29, 1.82) is 0 Å². The lowest BCUT2D eigenvalue weighted by Gasteiger charge is -2.22. The molecular weight excluding hydrogens is 316 g/mol. The number of aliphatic hydroxyl groups excluding tert-OH is 1. The summed E-state index contributed by atoms with van der Waals surface area (Å²) in [4.78, 5) is 10.8. The Labute approximate surface area is 146 Å². The molecule has 1 N–H and O–H groups in total. The minimum Gasteiger partial charge on any atom is -0.392 e. The van der Waals surface area contributed by atoms with Crippen LogP contribution in [0.25, 0.3) is 11.4 Å². The van der Waals surface area contributed by atoms with Crippen LogP contribution in [0.15, 0.2) is 53.3 Å². The number of pyridine rings is 1. The number of aliphatic hydroxyl groups is 1. The summed E-state index contributed by atoms with van der Waals surface area (Å²) < 4.78 is 5.51. The fourth-order valence-corrected chi connectivity index (χ4v) is 3.30. The highest BCUT2D eigenvalue weighted by atomic mass is 16.5. The van der Waals surface area contributed by atoms with Gasteiger partial charge in [-0.3, -0.25) is 9.88 Å². The summed E-state index contributed by atoms with van der Waals surface area (Å²) in [6.45, 7) is 3.45. The number of rotatable bonds is 4. The molecule has 1 aromatic carbocycles. The molecule has 2 aromatic heterocycles. The van der Waals surface area contributed by atoms with Gasteiger partial charge in [0.05, 0.1) is 12.1 Å². The SMILES string of the molecule is Cc1ccccc1CN1C[C@H](O)C[C@H]1c1nc(-c2cccnc2)no1. The van der Waals surface area contributed by atoms with Crippen molar-refractivity contribution in [2.24, 2.45) is 0 Å². The van der Waals surface area contributed by atoms with Crippen molar-refractivity contribution in [3.05, 3.63) is 65.8 Å². The van der Waals surface area contributed by atoms with Gasteiger partial charge in [-0.2, -0.15) is 4.98 Å². The molecule has 0 bridgehead atoms. The Kier molecular flexibility index (Phi) is 4.29. The van der Waals surface area contributed by atoms with E-state index in [4.69, 9.17) is 4.52 Å². The third-order valence-corrected chi connectivity index (χ3v) is 4.66. The first kappa shape index (κ1) is 15.9. The van der Waals surface area contributed by atoms with Gasteiger partial charge >= 0.3 is 0 Å². The minimum absolute atomic E-state index is 0.0764. The molecule has 1 fully saturated rings. The van der Waals surface area contributed by atoms with Crippen LogP contribution in [0.3, 0.4) is 0 Å². The van der Waals surface area contributed by atoms with Gasteiger partial charge in [0.25, 0.3) is 0 Å². The van der Waals surface area contributed by atoms with Crippen LogP contribution in [0, 0.1) is 6.92 Å². The first-order chi connectivity index (χ1) is 12.2. The van der Waals surface area contributed by atoms with E-state index in [-0.39, 0.29) is 12.1 Å². The number of hydrogen-bond donors (Lipinski definition) is 1. The molecule has 1 aliphatic heterocycles. The number of hydrogen-bond acceptors (Lipinski definition) is 6. The molecule has 25 heavy (non-hydrogen) atoms. The molecule has 128 valence electrons. The Morgan fingerprint density at radius 1 is 1.24 bits per heavy atom. The van der Waals surface area contributed by atoms with E-state index in [0.717, 1.165) is 12.1 Å². The molecule has 0 amide bonds. The smallest absolute Gasteiger partial charge is 0.244 e. The van der Waals surface area contributed by atoms with Gasteiger partial charge < -0.3 is 9.63 Å². The molecule has 3 aromatic rings. The maximum Gasteiger partial charge on any atom is 0.244 e. The quantitative estimate of drug-likeness (QED) is 0.789. The standard InChI is InChI=1S/C19H20N4O2/c1-13-5-2-3-6-15(13)11-23-12-16(24)9-17(23)19-21-18(22-25-19)14-7-4-8-20-10-14/h2-8,10,16-17,24H,9,11-12H2,1H3/t16-,17+/m1/s1. The summed E-state index contributed by atoms with van der Waals surface area (Å²) in [6.07, 6.45) is 3.63. The van der Waals surface area contributed by atoms with Gasteiger partial charge in [-0.05, 0) is 36.6 Å². The minimum atomic E-state index is -0.386. The molecule has 0 saturated carbocycles. The lowest BCUT2D eigenvalue weighted by Crippen LogP contribution is -2.24. The van der Waals surface area contributed by atoms with E-state index >= 15 is 0 Å². The van der Waals surface area contributed by atoms with Crippen LogP contribution >= 0.6 is 0 Å². The zero-order valence-corrected chi connectivity index (χ0v) is 14.0. The predicted octanol–water partition coefficient (Wildman–Crippen LogP) is 2.75. The molecule has 1 saturated heterocycles. The first-order valence-electron chi connectivity index (χ1n) is 8.41. The average molecular weight is 336 g/mol. The van der Waals surface area contributed by atoms with Crippen molar-refractivity contribution < 1.29 is 9.63 Å². The highest BCUT2D eigenvalue weighted by Crippen LogP contribution is 2.33. The number of nitrogens with zero attached hydrogens (tertiary/aromatic N) is 4. The molecular formula is C19H20N4O2. The van der Waals surface area contributed by atoms with Gasteiger partial charge in [-0.25, -0.2) is 0 Å². The first-order valence-corrected chi connectivity index (χ1v) is 8.41. The molecule has 3 heterocycles. The third kappa shape index (κ3) is 3.31. The molecule has 4 rings (SSSR count). The van der Waals surface area contributed by atoms with E-state index in [9.17, 15) is 5.11 Å². The lowest BCUT2D eigenvalue weighted by molar-refractivity contribution is 0.169. The second kappa shape index (κ2) is 6.74. The lowest BCUT2D eigenvalue weighted by atomic mass is 10.1. The maximum atomic E-state index is 10.2. The number of aromatic nitrogens is 3. The van der Waals surface area contributed by atoms with Crippen LogP contribution in [0.4, 0.5) is 0 Å². The molecule has 0 unspecified atom stereocenters. The van der Waals surface area contributed by atoms with Crippen molar-refractivity contribution in [3.8, 4) is 11.4 Å². The average Bonchev–Trinajstić information content (AvgIpc) is 3.24. The van der Waals surface area contributed by atoms with Crippen molar-refractivity contribution in [2.45, 2.75) is 32.0 Å². The van der Waals surface area contributed by atoms with Gasteiger partial charge in [0.1, 0.15) is 0 Å². The zero-order chi connectivity index (χ0) is 17.2. The molecule has 0 radical (unpaired) electrons. The van der Waals surface area contributed by atoms with Crippen LogP contribution in [0.5, 0.6) is 0 Å². The predicted molar refractivity (Wildman–Crippen MR) is 92.5 cm³/mol. The van der Waals surface area contributed by atoms with Gasteiger partial charge in [-0.1, -0.05) is 29.4 Å². The molecule has 0 spiro atoms. The Morgan fingerprint density at radius 3 is 2.92 bits per heavy atom. The van der Waals surface area contributed by atoms with E-state index < -0.39 is 0 Å². The van der Waals surface area contributed by atoms with Crippen LogP contribution < -0.4 is 0 Å². The summed E-state index contributed by atoms with van der Waals surface area (Å²) >= 11 is 0. The number of β-amino-alcohol motifs (C(OH)–C–C–N with tert-alkyl or cyclic N) is 1. The van der Waals surface area contributed by atoms with Crippen LogP contribution in [0.2, 0.25) is 0 Å². The number of benzene rings is 1. The zero-order valence-electron chi connectivity index (χ0n) is 14.0. The molecule has 6 nitrogen and oxygen atoms in total. The summed E-state index contributed by atoms with van der Waals surface area (Å²) in [5, 5.41) is 14.2. The fourth-order valence-electron chi connectivity index (χ4n) is 3.30. The van der Waals surface area contributed by atoms with E-state index in [1.165, 1.54) is 11.1 Å². The second-order valence-corrected chi connectivity index (χ2v) is 6.46. The van der Waals surface area contributed by atoms with E-state index in [0.29, 0.717) is 24.7 Å². The Bertz CT molecular complexity index is 849. The van der Waals surface area contributed by atoms with Gasteiger partial charge in [0, 0.05) is 31.0 Å². The monoisotopic (exact) mass is 336 g/mol. The number of likely N-dealkylation sites (tertiary alicyclic amines) is 1. The van der Waals surface area contributed by atoms with Crippen molar-refractivity contribution in [2.75, 3.05) is 6.54 Å². The molecule has 0 aliphatic carbocycles. The van der Waals surface area contributed by atoms with E-state index in [2.05, 4.69) is 39.1 Å². The summed E-state index contributed by atoms with van der Waals surface area (Å²) in [5.74, 6) is 1.07. The Balaban J connectivity index is 1.58. The summed E-state index contributed by atoms with van der Waals surface area (Å²) in [6, 6.07) is 12.0. The van der Waals surface area contributed by atoms with Gasteiger partial charge in [0.2, 0.25) is 11.7 Å². The topological polar surface area (TPSA) is 75.3 Å². The van der Waals surface area contributed by atoms with Crippen molar-refractivity contribution in [3.63, 3.8) is 0 Å². The van der Waals surface area contributed by atoms with Crippen LogP contribution in [-0.2, 0) is 6.54 Å². The fraction of sp³-hybridized carbons (Fsp3) is 0.316. The summed E-state index contributed by atoms with van der Waals surface area (Å²) in [7, 11) is 0. The largest absolute Gasteiger partial charge is 0.392 e. The highest BCUT2D eigenvalue weighted by Gasteiger charge is 2.36. The summed E-state index contributed by atoms with van der Waals surface area (Å²) in [5.41, 5.74) is 3.30. The third-order valence-electron chi connectivity index (χ3n) is 4.66. The van der Waals surface area contributed by atoms with E-state index in [1.807, 2.05) is 24.3 Å². The Hall–Kier alpha value is -2.57. The maximum absolute atomic E-state index is 10.2.